The molecule has 24 heavy (non-hydrogen) atoms. The second-order valence-corrected chi connectivity index (χ2v) is 7.28. The average Bonchev–Trinajstić information content (AvgIpc) is 3.27. The molecule has 2 fully saturated rings. The number of fused-ring (bicyclic) bond motifs is 3. The first kappa shape index (κ1) is 15.1. The van der Waals surface area contributed by atoms with Crippen molar-refractivity contribution >= 4 is 22.5 Å². The van der Waals surface area contributed by atoms with Gasteiger partial charge < -0.3 is 4.98 Å². The van der Waals surface area contributed by atoms with Gasteiger partial charge in [0.25, 0.3) is 0 Å². The lowest BCUT2D eigenvalue weighted by molar-refractivity contribution is -0.125. The van der Waals surface area contributed by atoms with E-state index in [0.29, 0.717) is 17.4 Å². The molecule has 2 aliphatic rings. The third-order valence-corrected chi connectivity index (χ3v) is 5.92. The van der Waals surface area contributed by atoms with Crippen LogP contribution in [0.25, 0.3) is 10.9 Å². The number of hydrogen-bond donors (Lipinski definition) is 1. The first-order valence-electron chi connectivity index (χ1n) is 8.65. The minimum absolute atomic E-state index is 0.0946. The summed E-state index contributed by atoms with van der Waals surface area (Å²) in [5.41, 5.74) is 2.08. The summed E-state index contributed by atoms with van der Waals surface area (Å²) in [6, 6.07) is 9.53. The molecule has 4 heteroatoms. The maximum atomic E-state index is 13.0. The van der Waals surface area contributed by atoms with Crippen LogP contribution < -0.4 is 0 Å². The van der Waals surface area contributed by atoms with E-state index in [4.69, 9.17) is 0 Å². The van der Waals surface area contributed by atoms with Crippen molar-refractivity contribution in [2.75, 3.05) is 0 Å². The fourth-order valence-corrected chi connectivity index (χ4v) is 4.80. The molecule has 4 nitrogen and oxygen atoms in total. The number of Topliss-reactive ketones (excluding diaryl/α,β-unsaturated/α-hetero) is 2. The molecule has 2 bridgehead atoms. The van der Waals surface area contributed by atoms with E-state index in [0.717, 1.165) is 35.9 Å². The van der Waals surface area contributed by atoms with Gasteiger partial charge in [-0.2, -0.15) is 5.26 Å². The quantitative estimate of drug-likeness (QED) is 0.687. The molecule has 2 aromatic rings. The predicted octanol–water partition coefficient (Wildman–Crippen LogP) is 3.80. The number of ketones is 2. The highest BCUT2D eigenvalue weighted by Gasteiger charge is 2.46. The van der Waals surface area contributed by atoms with Gasteiger partial charge in [0.15, 0.2) is 17.5 Å². The number of H-pyrrole nitrogens is 1. The maximum absolute atomic E-state index is 13.0. The summed E-state index contributed by atoms with van der Waals surface area (Å²) in [6.45, 7) is 1.82. The van der Waals surface area contributed by atoms with Gasteiger partial charge in [0, 0.05) is 28.1 Å². The van der Waals surface area contributed by atoms with Crippen molar-refractivity contribution in [1.82, 2.24) is 4.98 Å². The number of aromatic nitrogens is 1. The van der Waals surface area contributed by atoms with Crippen molar-refractivity contribution in [3.05, 3.63) is 35.5 Å². The van der Waals surface area contributed by atoms with Crippen LogP contribution in [0.5, 0.6) is 0 Å². The van der Waals surface area contributed by atoms with Crippen LogP contribution >= 0.6 is 0 Å². The topological polar surface area (TPSA) is 73.7 Å². The normalized spacial score (nSPS) is 26.4. The second-order valence-electron chi connectivity index (χ2n) is 7.28. The van der Waals surface area contributed by atoms with Crippen molar-refractivity contribution in [3.8, 4) is 6.07 Å². The molecule has 0 radical (unpaired) electrons. The molecule has 4 rings (SSSR count). The third-order valence-electron chi connectivity index (χ3n) is 5.92. The number of nitrogens with zero attached hydrogens (tertiary/aromatic N) is 1. The van der Waals surface area contributed by atoms with Gasteiger partial charge in [-0.1, -0.05) is 24.6 Å². The van der Waals surface area contributed by atoms with E-state index in [1.54, 1.807) is 0 Å². The molecule has 122 valence electrons. The standard InChI is InChI=1S/C20H20N2O2/c1-11-18(14-4-2-3-5-17(14)22-11)20(24)16(10-21)19(23)15-9-12-6-7-13(15)8-12/h2-5,12-13,15-16,22H,6-9H2,1H3. The summed E-state index contributed by atoms with van der Waals surface area (Å²) in [6.07, 6.45) is 4.22. The van der Waals surface area contributed by atoms with Gasteiger partial charge in [-0.15, -0.1) is 0 Å². The van der Waals surface area contributed by atoms with Gasteiger partial charge in [-0.3, -0.25) is 9.59 Å². The summed E-state index contributed by atoms with van der Waals surface area (Å²) in [7, 11) is 0. The first-order valence-corrected chi connectivity index (χ1v) is 8.65. The van der Waals surface area contributed by atoms with Gasteiger partial charge in [-0.05, 0) is 44.1 Å². The highest BCUT2D eigenvalue weighted by Crippen LogP contribution is 2.49. The number of carbonyl (C=O) groups is 2. The summed E-state index contributed by atoms with van der Waals surface area (Å²) in [5.74, 6) is -0.766. The molecule has 1 heterocycles. The van der Waals surface area contributed by atoms with Crippen molar-refractivity contribution in [3.63, 3.8) is 0 Å². The van der Waals surface area contributed by atoms with E-state index in [2.05, 4.69) is 4.98 Å². The Balaban J connectivity index is 1.68. The molecule has 0 amide bonds. The van der Waals surface area contributed by atoms with Crippen LogP contribution in [0.1, 0.15) is 41.7 Å². The van der Waals surface area contributed by atoms with Crippen molar-refractivity contribution < 1.29 is 9.59 Å². The predicted molar refractivity (Wildman–Crippen MR) is 90.4 cm³/mol. The van der Waals surface area contributed by atoms with Crippen LogP contribution in [-0.4, -0.2) is 16.6 Å². The zero-order chi connectivity index (χ0) is 16.8. The Hall–Kier alpha value is -2.41. The molecule has 4 unspecified atom stereocenters. The molecular formula is C20H20N2O2. The number of aryl methyl sites for hydroxylation is 1. The van der Waals surface area contributed by atoms with Crippen LogP contribution in [0.15, 0.2) is 24.3 Å². The Morgan fingerprint density at radius 3 is 2.71 bits per heavy atom. The van der Waals surface area contributed by atoms with Crippen LogP contribution in [0.3, 0.4) is 0 Å². The fraction of sp³-hybridized carbons (Fsp3) is 0.450. The van der Waals surface area contributed by atoms with Gasteiger partial charge in [0.1, 0.15) is 0 Å². The number of para-hydroxylation sites is 1. The van der Waals surface area contributed by atoms with E-state index in [1.807, 2.05) is 37.3 Å². The van der Waals surface area contributed by atoms with Crippen LogP contribution in [0.4, 0.5) is 0 Å². The van der Waals surface area contributed by atoms with Crippen molar-refractivity contribution in [2.45, 2.75) is 32.6 Å². The number of rotatable bonds is 4. The minimum atomic E-state index is -1.17. The molecule has 0 spiro atoms. The summed E-state index contributed by atoms with van der Waals surface area (Å²) < 4.78 is 0. The Bertz CT molecular complexity index is 873. The lowest BCUT2D eigenvalue weighted by Gasteiger charge is -2.22. The third kappa shape index (κ3) is 2.19. The smallest absolute Gasteiger partial charge is 0.189 e. The van der Waals surface area contributed by atoms with Crippen LogP contribution in [-0.2, 0) is 4.79 Å². The first-order chi connectivity index (χ1) is 11.6. The van der Waals surface area contributed by atoms with Crippen molar-refractivity contribution in [1.29, 1.82) is 5.26 Å². The zero-order valence-electron chi connectivity index (χ0n) is 13.7. The van der Waals surface area contributed by atoms with Gasteiger partial charge in [0.2, 0.25) is 0 Å². The molecule has 1 N–H and O–H groups in total. The molecular weight excluding hydrogens is 300 g/mol. The SMILES string of the molecule is Cc1[nH]c2ccccc2c1C(=O)C(C#N)C(=O)C1CC2CCC1C2. The molecule has 1 aromatic carbocycles. The monoisotopic (exact) mass is 320 g/mol. The highest BCUT2D eigenvalue weighted by atomic mass is 16.2. The largest absolute Gasteiger partial charge is 0.358 e. The van der Waals surface area contributed by atoms with Gasteiger partial charge >= 0.3 is 0 Å². The fourth-order valence-electron chi connectivity index (χ4n) is 4.80. The molecule has 0 saturated heterocycles. The lowest BCUT2D eigenvalue weighted by atomic mass is 9.79. The number of nitriles is 1. The Morgan fingerprint density at radius 2 is 2.04 bits per heavy atom. The zero-order valence-corrected chi connectivity index (χ0v) is 13.7. The summed E-state index contributed by atoms with van der Waals surface area (Å²) in [5, 5.41) is 10.3. The van der Waals surface area contributed by atoms with Crippen LogP contribution in [0.2, 0.25) is 0 Å². The molecule has 2 saturated carbocycles. The van der Waals surface area contributed by atoms with Gasteiger partial charge in [-0.25, -0.2) is 0 Å². The van der Waals surface area contributed by atoms with Crippen molar-refractivity contribution in [2.24, 2.45) is 23.7 Å². The van der Waals surface area contributed by atoms with E-state index in [1.165, 1.54) is 6.42 Å². The van der Waals surface area contributed by atoms with E-state index < -0.39 is 5.92 Å². The highest BCUT2D eigenvalue weighted by molar-refractivity contribution is 6.19. The molecule has 4 atom stereocenters. The van der Waals surface area contributed by atoms with E-state index >= 15 is 0 Å². The molecule has 0 aliphatic heterocycles. The summed E-state index contributed by atoms with van der Waals surface area (Å²) in [4.78, 5) is 29.1. The lowest BCUT2D eigenvalue weighted by Crippen LogP contribution is -2.32. The average molecular weight is 320 g/mol. The number of nitrogens with one attached hydrogen (secondary N) is 1. The van der Waals surface area contributed by atoms with E-state index in [9.17, 15) is 14.9 Å². The number of aromatic amines is 1. The summed E-state index contributed by atoms with van der Waals surface area (Å²) >= 11 is 0. The number of benzene rings is 1. The number of hydrogen-bond acceptors (Lipinski definition) is 3. The molecule has 1 aromatic heterocycles. The Labute approximate surface area is 140 Å². The Kier molecular flexibility index (Phi) is 3.53. The maximum Gasteiger partial charge on any atom is 0.189 e. The van der Waals surface area contributed by atoms with Gasteiger partial charge in [0.05, 0.1) is 6.07 Å². The molecule has 2 aliphatic carbocycles. The van der Waals surface area contributed by atoms with Crippen LogP contribution in [0, 0.1) is 41.9 Å². The second kappa shape index (κ2) is 5.59. The number of carbonyl (C=O) groups excluding carboxylic acids is 2. The minimum Gasteiger partial charge on any atom is -0.358 e. The Morgan fingerprint density at radius 1 is 1.25 bits per heavy atom. The van der Waals surface area contributed by atoms with E-state index in [-0.39, 0.29) is 17.5 Å².